The minimum atomic E-state index is -0.698. The Kier molecular flexibility index (Phi) is 3.21. The van der Waals surface area contributed by atoms with E-state index in [1.165, 1.54) is 0 Å². The van der Waals surface area contributed by atoms with Crippen molar-refractivity contribution < 1.29 is 9.90 Å². The van der Waals surface area contributed by atoms with Gasteiger partial charge in [0.05, 0.1) is 6.42 Å². The van der Waals surface area contributed by atoms with Gasteiger partial charge in [-0.15, -0.1) is 0 Å². The molecule has 0 aromatic rings. The molecule has 1 aliphatic heterocycles. The van der Waals surface area contributed by atoms with E-state index in [0.29, 0.717) is 18.4 Å². The standard InChI is InChI=1S/C12H17NO2/c14-12(15)6-8-13-7-5-10-3-1-2-4-11(10)9-13/h1-4,10-11H,5-9H2,(H,14,15). The van der Waals surface area contributed by atoms with E-state index in [4.69, 9.17) is 5.11 Å². The number of rotatable bonds is 3. The highest BCUT2D eigenvalue weighted by Crippen LogP contribution is 2.28. The van der Waals surface area contributed by atoms with E-state index in [1.807, 2.05) is 0 Å². The van der Waals surface area contributed by atoms with E-state index in [1.54, 1.807) is 0 Å². The molecule has 0 saturated carbocycles. The first-order valence-electron chi connectivity index (χ1n) is 5.55. The number of carboxylic acid groups (broad SMARTS) is 1. The zero-order valence-corrected chi connectivity index (χ0v) is 8.80. The molecule has 1 N–H and O–H groups in total. The minimum Gasteiger partial charge on any atom is -0.481 e. The topological polar surface area (TPSA) is 40.5 Å². The van der Waals surface area contributed by atoms with Crippen molar-refractivity contribution in [3.63, 3.8) is 0 Å². The lowest BCUT2D eigenvalue weighted by Gasteiger charge is -2.36. The van der Waals surface area contributed by atoms with Gasteiger partial charge in [0.15, 0.2) is 0 Å². The van der Waals surface area contributed by atoms with Crippen LogP contribution in [0.2, 0.25) is 0 Å². The molecule has 1 fully saturated rings. The van der Waals surface area contributed by atoms with E-state index < -0.39 is 5.97 Å². The summed E-state index contributed by atoms with van der Waals surface area (Å²) >= 11 is 0. The lowest BCUT2D eigenvalue weighted by molar-refractivity contribution is -0.137. The van der Waals surface area contributed by atoms with Gasteiger partial charge in [-0.1, -0.05) is 24.3 Å². The normalized spacial score (nSPS) is 30.1. The third-order valence-corrected chi connectivity index (χ3v) is 3.27. The maximum atomic E-state index is 10.5. The molecule has 2 rings (SSSR count). The molecule has 2 atom stereocenters. The summed E-state index contributed by atoms with van der Waals surface area (Å²) < 4.78 is 0. The molecular weight excluding hydrogens is 190 g/mol. The fourth-order valence-electron chi connectivity index (χ4n) is 2.38. The molecule has 0 amide bonds. The molecule has 2 unspecified atom stereocenters. The number of likely N-dealkylation sites (tertiary alicyclic amines) is 1. The van der Waals surface area contributed by atoms with Crippen LogP contribution in [0.5, 0.6) is 0 Å². The smallest absolute Gasteiger partial charge is 0.304 e. The van der Waals surface area contributed by atoms with Gasteiger partial charge in [0.1, 0.15) is 0 Å². The Bertz CT molecular complexity index is 296. The number of carbonyl (C=O) groups is 1. The molecule has 0 bridgehead atoms. The van der Waals surface area contributed by atoms with Crippen LogP contribution in [0.1, 0.15) is 12.8 Å². The molecule has 2 aliphatic rings. The van der Waals surface area contributed by atoms with Gasteiger partial charge in [0.25, 0.3) is 0 Å². The molecule has 1 aliphatic carbocycles. The molecule has 15 heavy (non-hydrogen) atoms. The summed E-state index contributed by atoms with van der Waals surface area (Å²) in [5.74, 6) is 0.574. The van der Waals surface area contributed by atoms with Crippen LogP contribution < -0.4 is 0 Å². The molecule has 1 saturated heterocycles. The first-order valence-corrected chi connectivity index (χ1v) is 5.55. The third kappa shape index (κ3) is 2.69. The van der Waals surface area contributed by atoms with Crippen LogP contribution >= 0.6 is 0 Å². The van der Waals surface area contributed by atoms with Crippen LogP contribution in [0.25, 0.3) is 0 Å². The molecular formula is C12H17NO2. The molecule has 0 spiro atoms. The summed E-state index contributed by atoms with van der Waals surface area (Å²) in [6.45, 7) is 2.74. The highest BCUT2D eigenvalue weighted by molar-refractivity contribution is 5.66. The second-order valence-corrected chi connectivity index (χ2v) is 4.33. The van der Waals surface area contributed by atoms with E-state index in [-0.39, 0.29) is 6.42 Å². The van der Waals surface area contributed by atoms with Crippen molar-refractivity contribution in [3.8, 4) is 0 Å². The Balaban J connectivity index is 1.84. The van der Waals surface area contributed by atoms with Crippen molar-refractivity contribution in [2.24, 2.45) is 11.8 Å². The van der Waals surface area contributed by atoms with Crippen LogP contribution in [0.3, 0.4) is 0 Å². The first kappa shape index (κ1) is 10.4. The van der Waals surface area contributed by atoms with Gasteiger partial charge >= 0.3 is 5.97 Å². The van der Waals surface area contributed by atoms with Crippen molar-refractivity contribution in [1.29, 1.82) is 0 Å². The Labute approximate surface area is 90.1 Å². The number of carboxylic acids is 1. The number of piperidine rings is 1. The summed E-state index contributed by atoms with van der Waals surface area (Å²) in [5.41, 5.74) is 0. The number of allylic oxidation sites excluding steroid dienone is 3. The minimum absolute atomic E-state index is 0.261. The van der Waals surface area contributed by atoms with Gasteiger partial charge in [-0.05, 0) is 24.8 Å². The summed E-state index contributed by atoms with van der Waals surface area (Å²) in [6.07, 6.45) is 10.2. The van der Waals surface area contributed by atoms with E-state index >= 15 is 0 Å². The fourth-order valence-corrected chi connectivity index (χ4v) is 2.38. The zero-order chi connectivity index (χ0) is 10.7. The average Bonchev–Trinajstić information content (AvgIpc) is 2.26. The molecule has 82 valence electrons. The first-order chi connectivity index (χ1) is 7.25. The Hall–Kier alpha value is -1.09. The number of aliphatic carboxylic acids is 1. The lowest BCUT2D eigenvalue weighted by atomic mass is 9.82. The second-order valence-electron chi connectivity index (χ2n) is 4.33. The zero-order valence-electron chi connectivity index (χ0n) is 8.80. The molecule has 0 aromatic heterocycles. The van der Waals surface area contributed by atoms with E-state index in [0.717, 1.165) is 19.5 Å². The molecule has 3 nitrogen and oxygen atoms in total. The number of hydrogen-bond donors (Lipinski definition) is 1. The predicted molar refractivity (Wildman–Crippen MR) is 58.6 cm³/mol. The van der Waals surface area contributed by atoms with Crippen LogP contribution in [0.15, 0.2) is 24.3 Å². The highest BCUT2D eigenvalue weighted by atomic mass is 16.4. The lowest BCUT2D eigenvalue weighted by Crippen LogP contribution is -2.40. The maximum absolute atomic E-state index is 10.5. The van der Waals surface area contributed by atoms with Crippen molar-refractivity contribution in [1.82, 2.24) is 4.90 Å². The summed E-state index contributed by atoms with van der Waals surface area (Å²) in [5, 5.41) is 8.62. The van der Waals surface area contributed by atoms with Gasteiger partial charge in [0.2, 0.25) is 0 Å². The predicted octanol–water partition coefficient (Wildman–Crippen LogP) is 1.53. The van der Waals surface area contributed by atoms with Crippen LogP contribution in [0.4, 0.5) is 0 Å². The van der Waals surface area contributed by atoms with Crippen molar-refractivity contribution in [2.45, 2.75) is 12.8 Å². The quantitative estimate of drug-likeness (QED) is 0.763. The third-order valence-electron chi connectivity index (χ3n) is 3.27. The highest BCUT2D eigenvalue weighted by Gasteiger charge is 2.26. The van der Waals surface area contributed by atoms with Gasteiger partial charge < -0.3 is 10.0 Å². The Morgan fingerprint density at radius 3 is 2.80 bits per heavy atom. The molecule has 1 heterocycles. The van der Waals surface area contributed by atoms with Gasteiger partial charge in [-0.3, -0.25) is 4.79 Å². The maximum Gasteiger partial charge on any atom is 0.304 e. The SMILES string of the molecule is O=C(O)CCN1CCC2C=CC=CC2C1. The number of fused-ring (bicyclic) bond motifs is 1. The summed E-state index contributed by atoms with van der Waals surface area (Å²) in [7, 11) is 0. The Morgan fingerprint density at radius 2 is 2.07 bits per heavy atom. The second kappa shape index (κ2) is 4.62. The van der Waals surface area contributed by atoms with Gasteiger partial charge in [-0.2, -0.15) is 0 Å². The van der Waals surface area contributed by atoms with Crippen molar-refractivity contribution in [3.05, 3.63) is 24.3 Å². The molecule has 0 aromatic carbocycles. The molecule has 0 radical (unpaired) electrons. The van der Waals surface area contributed by atoms with E-state index in [2.05, 4.69) is 29.2 Å². The van der Waals surface area contributed by atoms with Gasteiger partial charge in [-0.25, -0.2) is 0 Å². The van der Waals surface area contributed by atoms with Crippen molar-refractivity contribution in [2.75, 3.05) is 19.6 Å². The van der Waals surface area contributed by atoms with E-state index in [9.17, 15) is 4.79 Å². The number of nitrogens with zero attached hydrogens (tertiary/aromatic N) is 1. The summed E-state index contributed by atoms with van der Waals surface area (Å²) in [6, 6.07) is 0. The van der Waals surface area contributed by atoms with Crippen LogP contribution in [-0.4, -0.2) is 35.6 Å². The van der Waals surface area contributed by atoms with Crippen LogP contribution in [-0.2, 0) is 4.79 Å². The fraction of sp³-hybridized carbons (Fsp3) is 0.583. The van der Waals surface area contributed by atoms with Gasteiger partial charge in [0, 0.05) is 13.1 Å². The average molecular weight is 207 g/mol. The monoisotopic (exact) mass is 207 g/mol. The van der Waals surface area contributed by atoms with Crippen LogP contribution in [0, 0.1) is 11.8 Å². The number of hydrogen-bond acceptors (Lipinski definition) is 2. The Morgan fingerprint density at radius 1 is 1.33 bits per heavy atom. The largest absolute Gasteiger partial charge is 0.481 e. The molecule has 3 heteroatoms. The van der Waals surface area contributed by atoms with Crippen molar-refractivity contribution >= 4 is 5.97 Å². The summed E-state index contributed by atoms with van der Waals surface area (Å²) in [4.78, 5) is 12.7.